The number of carbonyl (C=O) groups is 1. The molecule has 0 aliphatic carbocycles. The first kappa shape index (κ1) is 16.6. The molecule has 0 fully saturated rings. The van der Waals surface area contributed by atoms with Crippen LogP contribution in [0.3, 0.4) is 0 Å². The second-order valence-corrected chi connectivity index (χ2v) is 5.30. The summed E-state index contributed by atoms with van der Waals surface area (Å²) in [6.07, 6.45) is 5.46. The molecule has 2 aromatic rings. The highest BCUT2D eigenvalue weighted by molar-refractivity contribution is 5.93. The molecule has 3 N–H and O–H groups in total. The molecule has 1 atom stereocenters. The van der Waals surface area contributed by atoms with Gasteiger partial charge in [-0.15, -0.1) is 4.68 Å². The highest BCUT2D eigenvalue weighted by Gasteiger charge is 2.22. The molecule has 0 saturated carbocycles. The summed E-state index contributed by atoms with van der Waals surface area (Å²) in [5.74, 6) is -0.488. The van der Waals surface area contributed by atoms with Crippen molar-refractivity contribution in [1.29, 1.82) is 0 Å². The Bertz CT molecular complexity index is 724. The van der Waals surface area contributed by atoms with E-state index in [1.165, 1.54) is 0 Å². The third kappa shape index (κ3) is 3.92. The molecule has 6 nitrogen and oxygen atoms in total. The van der Waals surface area contributed by atoms with Gasteiger partial charge in [-0.3, -0.25) is 9.78 Å². The van der Waals surface area contributed by atoms with Gasteiger partial charge in [0.1, 0.15) is 5.69 Å². The molecule has 2 rings (SSSR count). The highest BCUT2D eigenvalue weighted by Crippen LogP contribution is 2.11. The van der Waals surface area contributed by atoms with Crippen molar-refractivity contribution in [3.63, 3.8) is 0 Å². The van der Waals surface area contributed by atoms with E-state index in [1.807, 2.05) is 19.9 Å². The standard InChI is InChI=1S/C17H20N4O2/c1-5-13-9-21(20-15(13)6-2)10-16(22)17(23)19-14-7-11(3)12(4)18-8-14/h5-9,16,22H,1-2,10H2,3-4H3,(H,19,23)/p+1. The number of aliphatic hydroxyl groups excluding tert-OH is 1. The molecular formula is C17H21N4O2+. The van der Waals surface area contributed by atoms with Crippen molar-refractivity contribution < 1.29 is 14.6 Å². The molecule has 2 aromatic heterocycles. The molecule has 0 aromatic carbocycles. The number of carbonyl (C=O) groups excluding carboxylic acids is 1. The molecule has 6 heteroatoms. The van der Waals surface area contributed by atoms with Gasteiger partial charge >= 0.3 is 0 Å². The van der Waals surface area contributed by atoms with Crippen LogP contribution in [0.4, 0.5) is 5.69 Å². The smallest absolute Gasteiger partial charge is 0.260 e. The summed E-state index contributed by atoms with van der Waals surface area (Å²) in [6, 6.07) is 1.82. The van der Waals surface area contributed by atoms with E-state index in [1.54, 1.807) is 29.2 Å². The topological polar surface area (TPSA) is 81.9 Å². The molecule has 0 bridgehead atoms. The minimum Gasteiger partial charge on any atom is -0.378 e. The maximum Gasteiger partial charge on any atom is 0.260 e. The molecule has 120 valence electrons. The zero-order valence-corrected chi connectivity index (χ0v) is 13.3. The second kappa shape index (κ2) is 7.02. The lowest BCUT2D eigenvalue weighted by molar-refractivity contribution is -0.753. The molecule has 0 radical (unpaired) electrons. The molecule has 1 amide bonds. The van der Waals surface area contributed by atoms with Crippen LogP contribution in [0.2, 0.25) is 0 Å². The van der Waals surface area contributed by atoms with Crippen LogP contribution in [0.5, 0.6) is 0 Å². The Hall–Kier alpha value is -2.73. The van der Waals surface area contributed by atoms with Crippen LogP contribution in [0, 0.1) is 13.8 Å². The van der Waals surface area contributed by atoms with E-state index in [2.05, 4.69) is 28.6 Å². The van der Waals surface area contributed by atoms with Crippen LogP contribution in [0.1, 0.15) is 22.5 Å². The predicted molar refractivity (Wildman–Crippen MR) is 89.5 cm³/mol. The van der Waals surface area contributed by atoms with Gasteiger partial charge < -0.3 is 10.4 Å². The van der Waals surface area contributed by atoms with Crippen molar-refractivity contribution in [2.45, 2.75) is 26.5 Å². The van der Waals surface area contributed by atoms with Gasteiger partial charge in [0.15, 0.2) is 6.10 Å². The Balaban J connectivity index is 2.04. The van der Waals surface area contributed by atoms with E-state index in [4.69, 9.17) is 0 Å². The van der Waals surface area contributed by atoms with Crippen LogP contribution < -0.4 is 10.00 Å². The minimum atomic E-state index is -1.20. The first-order valence-corrected chi connectivity index (χ1v) is 7.24. The van der Waals surface area contributed by atoms with Gasteiger partial charge in [0.2, 0.25) is 12.7 Å². The average Bonchev–Trinajstić information content (AvgIpc) is 2.92. The summed E-state index contributed by atoms with van der Waals surface area (Å²) in [5.41, 5.74) is 4.07. The summed E-state index contributed by atoms with van der Waals surface area (Å²) < 4.78 is 1.62. The van der Waals surface area contributed by atoms with Crippen molar-refractivity contribution in [2.24, 2.45) is 0 Å². The Kier molecular flexibility index (Phi) is 5.08. The first-order chi connectivity index (χ1) is 10.9. The Morgan fingerprint density at radius 1 is 1.48 bits per heavy atom. The number of aryl methyl sites for hydroxylation is 2. The van der Waals surface area contributed by atoms with E-state index < -0.39 is 12.0 Å². The van der Waals surface area contributed by atoms with Crippen LogP contribution in [0.25, 0.3) is 12.2 Å². The molecule has 1 unspecified atom stereocenters. The normalized spacial score (nSPS) is 11.8. The summed E-state index contributed by atoms with van der Waals surface area (Å²) in [4.78, 5) is 16.3. The minimum absolute atomic E-state index is 0.0960. The lowest BCUT2D eigenvalue weighted by atomic mass is 10.2. The average molecular weight is 313 g/mol. The Morgan fingerprint density at radius 2 is 2.22 bits per heavy atom. The number of H-pyrrole nitrogens is 1. The van der Waals surface area contributed by atoms with E-state index in [9.17, 15) is 9.90 Å². The fourth-order valence-electron chi connectivity index (χ4n) is 2.12. The number of aromatic nitrogens is 3. The quantitative estimate of drug-likeness (QED) is 0.709. The van der Waals surface area contributed by atoms with Crippen LogP contribution in [-0.2, 0) is 11.3 Å². The number of anilines is 1. The third-order valence-electron chi connectivity index (χ3n) is 3.57. The fraction of sp³-hybridized carbons (Fsp3) is 0.235. The maximum absolute atomic E-state index is 12.1. The number of nitrogens with zero attached hydrogens (tertiary/aromatic N) is 2. The zero-order valence-electron chi connectivity index (χ0n) is 13.3. The number of amides is 1. The Labute approximate surface area is 135 Å². The van der Waals surface area contributed by atoms with E-state index in [0.717, 1.165) is 22.5 Å². The van der Waals surface area contributed by atoms with Crippen molar-refractivity contribution >= 4 is 23.7 Å². The Morgan fingerprint density at radius 3 is 2.78 bits per heavy atom. The first-order valence-electron chi connectivity index (χ1n) is 7.24. The number of aliphatic hydroxyl groups is 1. The lowest BCUT2D eigenvalue weighted by Gasteiger charge is -2.09. The summed E-state index contributed by atoms with van der Waals surface area (Å²) in [5, 5.41) is 15.8. The van der Waals surface area contributed by atoms with Crippen molar-refractivity contribution in [3.05, 3.63) is 54.1 Å². The monoisotopic (exact) mass is 313 g/mol. The van der Waals surface area contributed by atoms with Crippen LogP contribution in [-0.4, -0.2) is 27.2 Å². The van der Waals surface area contributed by atoms with Gasteiger partial charge in [0.25, 0.3) is 5.91 Å². The molecule has 2 heterocycles. The number of hydrogen-bond acceptors (Lipinski definition) is 3. The van der Waals surface area contributed by atoms with Crippen LogP contribution >= 0.6 is 0 Å². The molecule has 0 aliphatic rings. The number of pyridine rings is 1. The third-order valence-corrected chi connectivity index (χ3v) is 3.57. The van der Waals surface area contributed by atoms with E-state index >= 15 is 0 Å². The summed E-state index contributed by atoms with van der Waals surface area (Å²) in [6.45, 7) is 11.3. The summed E-state index contributed by atoms with van der Waals surface area (Å²) in [7, 11) is 0. The molecule has 0 aliphatic heterocycles. The molecular weight excluding hydrogens is 292 g/mol. The van der Waals surface area contributed by atoms with E-state index in [0.29, 0.717) is 5.69 Å². The van der Waals surface area contributed by atoms with Gasteiger partial charge in [0, 0.05) is 5.69 Å². The van der Waals surface area contributed by atoms with Gasteiger partial charge in [0.05, 0.1) is 17.4 Å². The lowest BCUT2D eigenvalue weighted by Crippen LogP contribution is -2.45. The molecule has 0 saturated heterocycles. The summed E-state index contributed by atoms with van der Waals surface area (Å²) >= 11 is 0. The zero-order chi connectivity index (χ0) is 17.0. The second-order valence-electron chi connectivity index (χ2n) is 5.30. The highest BCUT2D eigenvalue weighted by atomic mass is 16.3. The largest absolute Gasteiger partial charge is 0.378 e. The van der Waals surface area contributed by atoms with Crippen molar-refractivity contribution in [3.8, 4) is 0 Å². The van der Waals surface area contributed by atoms with E-state index in [-0.39, 0.29) is 6.54 Å². The van der Waals surface area contributed by atoms with Gasteiger partial charge in [-0.05, 0) is 31.6 Å². The van der Waals surface area contributed by atoms with Gasteiger partial charge in [-0.25, -0.2) is 0 Å². The SMILES string of the molecule is C=Cc1c[n+](CC(O)C(=O)Nc2cnc(C)c(C)c2)[nH]c1C=C. The molecule has 0 spiro atoms. The number of aromatic amines is 1. The molecule has 23 heavy (non-hydrogen) atoms. The van der Waals surface area contributed by atoms with Crippen molar-refractivity contribution in [2.75, 3.05) is 5.32 Å². The fourth-order valence-corrected chi connectivity index (χ4v) is 2.12. The number of nitrogens with one attached hydrogen (secondary N) is 2. The van der Waals surface area contributed by atoms with Gasteiger partial charge in [-0.1, -0.05) is 19.2 Å². The van der Waals surface area contributed by atoms with Gasteiger partial charge in [-0.2, -0.15) is 5.10 Å². The maximum atomic E-state index is 12.1. The predicted octanol–water partition coefficient (Wildman–Crippen LogP) is 1.60. The van der Waals surface area contributed by atoms with Crippen LogP contribution in [0.15, 0.2) is 31.6 Å². The number of hydrogen-bond donors (Lipinski definition) is 3. The van der Waals surface area contributed by atoms with Crippen molar-refractivity contribution in [1.82, 2.24) is 10.1 Å². The number of rotatable bonds is 6.